The zero-order chi connectivity index (χ0) is 12.7. The Kier molecular flexibility index (Phi) is 2.63. The van der Waals surface area contributed by atoms with Crippen molar-refractivity contribution in [3.63, 3.8) is 0 Å². The van der Waals surface area contributed by atoms with Gasteiger partial charge < -0.3 is 14.4 Å². The fourth-order valence-corrected chi connectivity index (χ4v) is 2.71. The van der Waals surface area contributed by atoms with Crippen molar-refractivity contribution in [2.24, 2.45) is 0 Å². The summed E-state index contributed by atoms with van der Waals surface area (Å²) < 4.78 is 11.6. The van der Waals surface area contributed by atoms with Crippen LogP contribution >= 0.6 is 15.9 Å². The van der Waals surface area contributed by atoms with Crippen molar-refractivity contribution < 1.29 is 14.3 Å². The predicted molar refractivity (Wildman–Crippen MR) is 72.2 cm³/mol. The molecule has 4 nitrogen and oxygen atoms in total. The lowest BCUT2D eigenvalue weighted by atomic mass is 10.1. The standard InChI is InChI=1S/C13H10BrNO3/c1-15(6-16)13-9-5-12-11(17-7-18-12)4-8(9)2-3-10(13)14/h2-6H,7H2,1H3. The number of ether oxygens (including phenoxy) is 2. The van der Waals surface area contributed by atoms with E-state index in [-0.39, 0.29) is 6.79 Å². The van der Waals surface area contributed by atoms with Gasteiger partial charge in [0.15, 0.2) is 11.5 Å². The summed E-state index contributed by atoms with van der Waals surface area (Å²) in [5, 5.41) is 1.95. The summed E-state index contributed by atoms with van der Waals surface area (Å²) >= 11 is 3.47. The molecule has 1 heterocycles. The molecule has 92 valence electrons. The molecule has 0 saturated heterocycles. The smallest absolute Gasteiger partial charge is 0.231 e. The zero-order valence-electron chi connectivity index (χ0n) is 9.64. The zero-order valence-corrected chi connectivity index (χ0v) is 11.2. The number of fused-ring (bicyclic) bond motifs is 2. The van der Waals surface area contributed by atoms with Crippen molar-refractivity contribution in [3.05, 3.63) is 28.7 Å². The molecule has 1 amide bonds. The highest BCUT2D eigenvalue weighted by atomic mass is 79.9. The third-order valence-corrected chi connectivity index (χ3v) is 3.59. The van der Waals surface area contributed by atoms with E-state index in [1.165, 1.54) is 4.90 Å². The fraction of sp³-hybridized carbons (Fsp3) is 0.154. The molecule has 0 aliphatic carbocycles. The minimum absolute atomic E-state index is 0.242. The van der Waals surface area contributed by atoms with Crippen LogP contribution in [0.25, 0.3) is 10.8 Å². The largest absolute Gasteiger partial charge is 0.454 e. The van der Waals surface area contributed by atoms with Crippen LogP contribution in [-0.4, -0.2) is 20.3 Å². The molecule has 0 aromatic heterocycles. The molecule has 1 aliphatic rings. The second-order valence-electron chi connectivity index (χ2n) is 4.04. The van der Waals surface area contributed by atoms with E-state index in [0.717, 1.165) is 33.1 Å². The molecule has 1 aliphatic heterocycles. The van der Waals surface area contributed by atoms with Crippen LogP contribution in [0.4, 0.5) is 5.69 Å². The summed E-state index contributed by atoms with van der Waals surface area (Å²) in [4.78, 5) is 12.5. The Balaban J connectivity index is 2.33. The van der Waals surface area contributed by atoms with Crippen molar-refractivity contribution >= 4 is 38.8 Å². The second-order valence-corrected chi connectivity index (χ2v) is 4.89. The van der Waals surface area contributed by atoms with E-state index < -0.39 is 0 Å². The van der Waals surface area contributed by atoms with E-state index in [2.05, 4.69) is 15.9 Å². The molecule has 0 unspecified atom stereocenters. The fourth-order valence-electron chi connectivity index (χ4n) is 2.08. The number of nitrogens with zero attached hydrogens (tertiary/aromatic N) is 1. The van der Waals surface area contributed by atoms with Gasteiger partial charge in [0.2, 0.25) is 13.2 Å². The Morgan fingerprint density at radius 1 is 1.28 bits per heavy atom. The first-order valence-corrected chi connectivity index (χ1v) is 6.20. The number of anilines is 1. The number of hydrogen-bond acceptors (Lipinski definition) is 3. The molecular weight excluding hydrogens is 298 g/mol. The highest BCUT2D eigenvalue weighted by molar-refractivity contribution is 9.10. The molecule has 18 heavy (non-hydrogen) atoms. The summed E-state index contributed by atoms with van der Waals surface area (Å²) in [6.45, 7) is 0.242. The second kappa shape index (κ2) is 4.17. The number of rotatable bonds is 2. The number of hydrogen-bond donors (Lipinski definition) is 0. The maximum Gasteiger partial charge on any atom is 0.231 e. The first kappa shape index (κ1) is 11.3. The molecule has 0 spiro atoms. The van der Waals surface area contributed by atoms with Crippen LogP contribution in [0.3, 0.4) is 0 Å². The van der Waals surface area contributed by atoms with Gasteiger partial charge in [-0.05, 0) is 39.5 Å². The van der Waals surface area contributed by atoms with Gasteiger partial charge in [0.05, 0.1) is 5.69 Å². The average Bonchev–Trinajstić information content (AvgIpc) is 2.82. The van der Waals surface area contributed by atoms with E-state index >= 15 is 0 Å². The normalized spacial score (nSPS) is 12.8. The maximum atomic E-state index is 11.0. The molecular formula is C13H10BrNO3. The van der Waals surface area contributed by atoms with Gasteiger partial charge in [-0.3, -0.25) is 4.79 Å². The van der Waals surface area contributed by atoms with E-state index in [0.29, 0.717) is 5.75 Å². The van der Waals surface area contributed by atoms with Gasteiger partial charge in [0, 0.05) is 16.9 Å². The SMILES string of the molecule is CN(C=O)c1c(Br)ccc2cc3c(cc12)OCO3. The van der Waals surface area contributed by atoms with Gasteiger partial charge in [-0.1, -0.05) is 6.07 Å². The van der Waals surface area contributed by atoms with Crippen molar-refractivity contribution in [3.8, 4) is 11.5 Å². The Bertz CT molecular complexity index is 642. The maximum absolute atomic E-state index is 11.0. The molecule has 0 N–H and O–H groups in total. The average molecular weight is 308 g/mol. The highest BCUT2D eigenvalue weighted by Gasteiger charge is 2.17. The minimum atomic E-state index is 0.242. The first-order valence-electron chi connectivity index (χ1n) is 5.40. The van der Waals surface area contributed by atoms with E-state index in [9.17, 15) is 4.79 Å². The molecule has 0 bridgehead atoms. The Morgan fingerprint density at radius 3 is 2.72 bits per heavy atom. The summed E-state index contributed by atoms with van der Waals surface area (Å²) in [6.07, 6.45) is 0.782. The molecule has 2 aromatic carbocycles. The monoisotopic (exact) mass is 307 g/mol. The highest BCUT2D eigenvalue weighted by Crippen LogP contribution is 2.41. The third kappa shape index (κ3) is 1.62. The van der Waals surface area contributed by atoms with Crippen LogP contribution in [0, 0.1) is 0 Å². The predicted octanol–water partition coefficient (Wildman–Crippen LogP) is 2.92. The number of benzene rings is 2. The summed E-state index contributed by atoms with van der Waals surface area (Å²) in [6, 6.07) is 7.72. The first-order chi connectivity index (χ1) is 8.70. The van der Waals surface area contributed by atoms with E-state index in [4.69, 9.17) is 9.47 Å². The van der Waals surface area contributed by atoms with Crippen molar-refractivity contribution in [1.29, 1.82) is 0 Å². The molecule has 2 aromatic rings. The van der Waals surface area contributed by atoms with Crippen LogP contribution in [0.5, 0.6) is 11.5 Å². The quantitative estimate of drug-likeness (QED) is 0.801. The van der Waals surface area contributed by atoms with Gasteiger partial charge in [0.1, 0.15) is 0 Å². The molecule has 0 atom stereocenters. The molecule has 0 saturated carbocycles. The van der Waals surface area contributed by atoms with Gasteiger partial charge in [0.25, 0.3) is 0 Å². The number of amides is 1. The van der Waals surface area contributed by atoms with E-state index in [1.807, 2.05) is 24.3 Å². The summed E-state index contributed by atoms with van der Waals surface area (Å²) in [7, 11) is 1.72. The Morgan fingerprint density at radius 2 is 2.00 bits per heavy atom. The van der Waals surface area contributed by atoms with Crippen molar-refractivity contribution in [2.45, 2.75) is 0 Å². The van der Waals surface area contributed by atoms with Crippen molar-refractivity contribution in [1.82, 2.24) is 0 Å². The number of halogens is 1. The van der Waals surface area contributed by atoms with Gasteiger partial charge in [-0.15, -0.1) is 0 Å². The lowest BCUT2D eigenvalue weighted by Gasteiger charge is -2.16. The lowest BCUT2D eigenvalue weighted by molar-refractivity contribution is -0.107. The van der Waals surface area contributed by atoms with Gasteiger partial charge >= 0.3 is 0 Å². The van der Waals surface area contributed by atoms with E-state index in [1.54, 1.807) is 7.05 Å². The summed E-state index contributed by atoms with van der Waals surface area (Å²) in [5.74, 6) is 1.45. The minimum Gasteiger partial charge on any atom is -0.454 e. The van der Waals surface area contributed by atoms with Gasteiger partial charge in [-0.2, -0.15) is 0 Å². The number of carbonyl (C=O) groups excluding carboxylic acids is 1. The van der Waals surface area contributed by atoms with Crippen molar-refractivity contribution in [2.75, 3.05) is 18.7 Å². The molecule has 0 fully saturated rings. The Hall–Kier alpha value is -1.75. The molecule has 0 radical (unpaired) electrons. The molecule has 5 heteroatoms. The lowest BCUT2D eigenvalue weighted by Crippen LogP contribution is -2.14. The number of carbonyl (C=O) groups is 1. The van der Waals surface area contributed by atoms with Gasteiger partial charge in [-0.25, -0.2) is 0 Å². The van der Waals surface area contributed by atoms with Crippen LogP contribution in [0.15, 0.2) is 28.7 Å². The topological polar surface area (TPSA) is 38.8 Å². The van der Waals surface area contributed by atoms with Crippen LogP contribution in [0.1, 0.15) is 0 Å². The Labute approximate surface area is 112 Å². The molecule has 3 rings (SSSR count). The van der Waals surface area contributed by atoms with Crippen LogP contribution < -0.4 is 14.4 Å². The van der Waals surface area contributed by atoms with Crippen LogP contribution in [0.2, 0.25) is 0 Å². The third-order valence-electron chi connectivity index (χ3n) is 2.95. The summed E-state index contributed by atoms with van der Waals surface area (Å²) in [5.41, 5.74) is 0.820. The van der Waals surface area contributed by atoms with Crippen LogP contribution in [-0.2, 0) is 4.79 Å².